The predicted molar refractivity (Wildman–Crippen MR) is 185 cm³/mol. The summed E-state index contributed by atoms with van der Waals surface area (Å²) in [6.45, 7) is 8.05. The first-order chi connectivity index (χ1) is 22.9. The van der Waals surface area contributed by atoms with E-state index in [0.29, 0.717) is 58.1 Å². The normalized spacial score (nSPS) is 22.5. The zero-order valence-corrected chi connectivity index (χ0v) is 29.4. The molecule has 1 aliphatic carbocycles. The molecule has 0 radical (unpaired) electrons. The quantitative estimate of drug-likeness (QED) is 0.271. The smallest absolute Gasteiger partial charge is 0.306 e. The molecule has 15 heteroatoms. The van der Waals surface area contributed by atoms with Crippen LogP contribution >= 0.6 is 23.2 Å². The van der Waals surface area contributed by atoms with Crippen LogP contribution in [0, 0.1) is 17.8 Å². The van der Waals surface area contributed by atoms with Crippen LogP contribution in [0.25, 0.3) is 11.3 Å². The molecule has 2 N–H and O–H groups in total. The fourth-order valence-corrected chi connectivity index (χ4v) is 8.09. The van der Waals surface area contributed by atoms with Crippen LogP contribution in [0.5, 0.6) is 11.6 Å². The highest BCUT2D eigenvalue weighted by atomic mass is 35.5. The molecule has 2 saturated heterocycles. The van der Waals surface area contributed by atoms with E-state index in [2.05, 4.69) is 29.4 Å². The molecule has 4 heterocycles. The number of hydrogen-bond acceptors (Lipinski definition) is 10. The number of likely N-dealkylation sites (tertiary alicyclic amines) is 1. The number of anilines is 1. The number of rotatable bonds is 12. The van der Waals surface area contributed by atoms with Crippen molar-refractivity contribution in [3.05, 3.63) is 58.3 Å². The van der Waals surface area contributed by atoms with Crippen molar-refractivity contribution in [3.63, 3.8) is 0 Å². The lowest BCUT2D eigenvalue weighted by atomic mass is 10.1. The number of pyridine rings is 1. The maximum absolute atomic E-state index is 11.7. The number of nitrogens with one attached hydrogen (secondary N) is 1. The first kappa shape index (κ1) is 34.8. The van der Waals surface area contributed by atoms with Gasteiger partial charge in [-0.25, -0.2) is 28.1 Å². The van der Waals surface area contributed by atoms with Crippen molar-refractivity contribution in [1.82, 2.24) is 29.5 Å². The molecule has 12 nitrogen and oxygen atoms in total. The predicted octanol–water partition coefficient (Wildman–Crippen LogP) is 4.63. The summed E-state index contributed by atoms with van der Waals surface area (Å²) < 4.78 is 32.5. The van der Waals surface area contributed by atoms with E-state index >= 15 is 0 Å². The van der Waals surface area contributed by atoms with Gasteiger partial charge >= 0.3 is 5.97 Å². The summed E-state index contributed by atoms with van der Waals surface area (Å²) in [4.78, 5) is 31.8. The van der Waals surface area contributed by atoms with E-state index in [0.717, 1.165) is 69.8 Å². The molecule has 2 aliphatic heterocycles. The van der Waals surface area contributed by atoms with Gasteiger partial charge in [0.05, 0.1) is 30.3 Å². The summed E-state index contributed by atoms with van der Waals surface area (Å²) in [5.41, 5.74) is 2.46. The van der Waals surface area contributed by atoms with Gasteiger partial charge in [-0.05, 0) is 80.6 Å². The second-order valence-corrected chi connectivity index (χ2v) is 15.8. The SMILES string of the molecule is CC(CCN1CCN(c2ncc(Oc3cc(CN4CC[C@@H]5[C@H](CC4)[C@H]5NS(C)(=O)=O)cc(-c4cc(Cl)cc(Cl)c4)n3)cn2)CC1)C(=O)O. The number of benzene rings is 1. The second kappa shape index (κ2) is 14.8. The number of carboxylic acid groups (broad SMARTS) is 1. The fourth-order valence-electron chi connectivity index (χ4n) is 6.72. The average Bonchev–Trinajstić information content (AvgIpc) is 3.74. The fraction of sp³-hybridized carbons (Fsp3) is 0.515. The Labute approximate surface area is 291 Å². The van der Waals surface area contributed by atoms with Gasteiger partial charge in [-0.1, -0.05) is 30.1 Å². The molecule has 1 unspecified atom stereocenters. The van der Waals surface area contributed by atoms with Crippen LogP contribution in [0.3, 0.4) is 0 Å². The van der Waals surface area contributed by atoms with Crippen LogP contribution in [-0.4, -0.2) is 102 Å². The lowest BCUT2D eigenvalue weighted by molar-refractivity contribution is -0.141. The molecular weight excluding hydrogens is 677 g/mol. The number of aliphatic carboxylic acids is 1. The molecule has 0 bridgehead atoms. The number of carbonyl (C=O) groups is 1. The van der Waals surface area contributed by atoms with Gasteiger partial charge in [-0.2, -0.15) is 0 Å². The Morgan fingerprint density at radius 1 is 0.979 bits per heavy atom. The molecule has 1 saturated carbocycles. The third-order valence-corrected chi connectivity index (χ3v) is 10.6. The second-order valence-electron chi connectivity index (χ2n) is 13.1. The molecule has 1 aromatic carbocycles. The lowest BCUT2D eigenvalue weighted by Crippen LogP contribution is -2.47. The van der Waals surface area contributed by atoms with E-state index in [1.807, 2.05) is 24.3 Å². The number of piperazine rings is 1. The number of fused-ring (bicyclic) bond motifs is 1. The molecule has 3 aliphatic rings. The summed E-state index contributed by atoms with van der Waals surface area (Å²) in [5, 5.41) is 10.2. The van der Waals surface area contributed by atoms with Crippen LogP contribution in [0.1, 0.15) is 31.7 Å². The van der Waals surface area contributed by atoms with E-state index in [1.165, 1.54) is 6.26 Å². The van der Waals surface area contributed by atoms with E-state index in [4.69, 9.17) is 38.0 Å². The number of aromatic nitrogens is 3. The molecule has 0 amide bonds. The summed E-state index contributed by atoms with van der Waals surface area (Å²) in [7, 11) is -3.21. The van der Waals surface area contributed by atoms with Gasteiger partial charge in [0, 0.05) is 60.4 Å². The molecule has 3 aromatic rings. The monoisotopic (exact) mass is 717 g/mol. The zero-order valence-electron chi connectivity index (χ0n) is 27.1. The molecule has 0 spiro atoms. The minimum Gasteiger partial charge on any atom is -0.481 e. The number of nitrogens with zero attached hydrogens (tertiary/aromatic N) is 6. The van der Waals surface area contributed by atoms with Gasteiger partial charge in [0.1, 0.15) is 0 Å². The van der Waals surface area contributed by atoms with Crippen LogP contribution in [0.2, 0.25) is 10.0 Å². The van der Waals surface area contributed by atoms with Gasteiger partial charge in [0.25, 0.3) is 0 Å². The highest BCUT2D eigenvalue weighted by Gasteiger charge is 2.51. The Bertz CT molecular complexity index is 1690. The maximum Gasteiger partial charge on any atom is 0.306 e. The van der Waals surface area contributed by atoms with Crippen molar-refractivity contribution in [2.45, 2.75) is 38.8 Å². The Kier molecular flexibility index (Phi) is 10.7. The first-order valence-electron chi connectivity index (χ1n) is 16.3. The number of hydrogen-bond donors (Lipinski definition) is 2. The third kappa shape index (κ3) is 9.13. The first-order valence-corrected chi connectivity index (χ1v) is 18.9. The zero-order chi connectivity index (χ0) is 34.0. The largest absolute Gasteiger partial charge is 0.481 e. The van der Waals surface area contributed by atoms with Crippen molar-refractivity contribution in [2.75, 3.05) is 57.0 Å². The molecule has 48 heavy (non-hydrogen) atoms. The summed E-state index contributed by atoms with van der Waals surface area (Å²) in [6, 6.07) is 9.33. The van der Waals surface area contributed by atoms with Crippen LogP contribution in [-0.2, 0) is 21.4 Å². The van der Waals surface area contributed by atoms with E-state index in [9.17, 15) is 13.2 Å². The minimum absolute atomic E-state index is 0.0554. The summed E-state index contributed by atoms with van der Waals surface area (Å²) in [5.74, 6) is 1.12. The Hall–Kier alpha value is -3.07. The van der Waals surface area contributed by atoms with Crippen molar-refractivity contribution in [2.24, 2.45) is 17.8 Å². The van der Waals surface area contributed by atoms with E-state index in [1.54, 1.807) is 25.4 Å². The molecule has 258 valence electrons. The van der Waals surface area contributed by atoms with Crippen LogP contribution in [0.4, 0.5) is 5.95 Å². The van der Waals surface area contributed by atoms with Gasteiger partial charge in [-0.15, -0.1) is 0 Å². The molecule has 3 fully saturated rings. The van der Waals surface area contributed by atoms with Gasteiger partial charge in [-0.3, -0.25) is 14.6 Å². The maximum atomic E-state index is 11.7. The van der Waals surface area contributed by atoms with E-state index < -0.39 is 16.0 Å². The van der Waals surface area contributed by atoms with Gasteiger partial charge in [0.2, 0.25) is 21.9 Å². The van der Waals surface area contributed by atoms with Crippen molar-refractivity contribution in [1.29, 1.82) is 0 Å². The minimum atomic E-state index is -3.21. The molecule has 4 atom stereocenters. The average molecular weight is 719 g/mol. The Balaban J connectivity index is 1.12. The standard InChI is InChI=1S/C33H41Cl2N7O5S/c1-21(32(43)44)3-6-40-9-11-42(12-10-40)33-36-18-26(19-37-33)47-30-14-22(13-29(38-30)23-15-24(34)17-25(35)16-23)20-41-7-4-27-28(5-8-41)31(27)39-48(2,45)46/h13-19,21,27-28,31,39H,3-12,20H2,1-2H3,(H,43,44)/t21?,27-,28+,31+. The topological polar surface area (TPSA) is 141 Å². The Morgan fingerprint density at radius 3 is 2.23 bits per heavy atom. The molecule has 6 rings (SSSR count). The third-order valence-electron chi connectivity index (χ3n) is 9.46. The number of sulfonamides is 1. The van der Waals surface area contributed by atoms with E-state index in [-0.39, 0.29) is 12.0 Å². The van der Waals surface area contributed by atoms with Crippen LogP contribution < -0.4 is 14.4 Å². The lowest BCUT2D eigenvalue weighted by Gasteiger charge is -2.34. The molecule has 2 aromatic heterocycles. The summed E-state index contributed by atoms with van der Waals surface area (Å²) in [6.07, 6.45) is 7.02. The van der Waals surface area contributed by atoms with Gasteiger partial charge in [0.15, 0.2) is 5.75 Å². The van der Waals surface area contributed by atoms with Crippen molar-refractivity contribution >= 4 is 45.1 Å². The van der Waals surface area contributed by atoms with Crippen molar-refractivity contribution < 1.29 is 23.1 Å². The number of halogens is 2. The van der Waals surface area contributed by atoms with Gasteiger partial charge < -0.3 is 14.7 Å². The Morgan fingerprint density at radius 2 is 1.62 bits per heavy atom. The molecular formula is C33H41Cl2N7O5S. The van der Waals surface area contributed by atoms with Crippen LogP contribution in [0.15, 0.2) is 42.7 Å². The number of ether oxygens (including phenoxy) is 1. The number of carboxylic acids is 1. The highest BCUT2D eigenvalue weighted by molar-refractivity contribution is 7.88. The van der Waals surface area contributed by atoms with Crippen molar-refractivity contribution in [3.8, 4) is 22.9 Å². The highest BCUT2D eigenvalue weighted by Crippen LogP contribution is 2.46. The summed E-state index contributed by atoms with van der Waals surface area (Å²) >= 11 is 12.7.